The van der Waals surface area contributed by atoms with Gasteiger partial charge in [0.05, 0.1) is 4.99 Å². The highest BCUT2D eigenvalue weighted by atomic mass is 32.1. The van der Waals surface area contributed by atoms with Gasteiger partial charge in [0.15, 0.2) is 0 Å². The number of rotatable bonds is 5. The van der Waals surface area contributed by atoms with Gasteiger partial charge in [-0.25, -0.2) is 0 Å². The lowest BCUT2D eigenvalue weighted by Gasteiger charge is -2.36. The van der Waals surface area contributed by atoms with Gasteiger partial charge in [0.25, 0.3) is 0 Å². The highest BCUT2D eigenvalue weighted by Crippen LogP contribution is 2.21. The van der Waals surface area contributed by atoms with Gasteiger partial charge in [-0.05, 0) is 45.6 Å². The van der Waals surface area contributed by atoms with E-state index in [2.05, 4.69) is 48.2 Å². The Kier molecular flexibility index (Phi) is 5.52. The van der Waals surface area contributed by atoms with E-state index in [9.17, 15) is 0 Å². The van der Waals surface area contributed by atoms with Crippen molar-refractivity contribution in [3.63, 3.8) is 0 Å². The minimum absolute atomic E-state index is 0.149. The Morgan fingerprint density at radius 2 is 1.95 bits per heavy atom. The summed E-state index contributed by atoms with van der Waals surface area (Å²) in [5.41, 5.74) is 7.19. The van der Waals surface area contributed by atoms with Crippen molar-refractivity contribution in [3.05, 3.63) is 35.9 Å². The summed E-state index contributed by atoms with van der Waals surface area (Å²) in [6, 6.07) is 11.0. The molecule has 1 fully saturated rings. The molecule has 1 atom stereocenters. The quantitative estimate of drug-likeness (QED) is 0.842. The van der Waals surface area contributed by atoms with Crippen LogP contribution < -0.4 is 5.73 Å². The SMILES string of the molecule is CN1CCC(N(C)CC(C(N)=S)c2ccccc2)CC1. The molecular weight excluding hydrogens is 266 g/mol. The Balaban J connectivity index is 2.00. The maximum atomic E-state index is 5.97. The van der Waals surface area contributed by atoms with Crippen LogP contribution in [-0.4, -0.2) is 54.6 Å². The number of nitrogens with two attached hydrogens (primary N) is 1. The number of thiocarbonyl (C=S) groups is 1. The molecular formula is C16H25N3S. The Bertz CT molecular complexity index is 427. The monoisotopic (exact) mass is 291 g/mol. The maximum absolute atomic E-state index is 5.97. The molecule has 0 aromatic heterocycles. The van der Waals surface area contributed by atoms with E-state index in [1.54, 1.807) is 0 Å². The lowest BCUT2D eigenvalue weighted by atomic mass is 9.96. The van der Waals surface area contributed by atoms with Crippen LogP contribution in [-0.2, 0) is 0 Å². The molecule has 1 aromatic rings. The highest BCUT2D eigenvalue weighted by Gasteiger charge is 2.24. The lowest BCUT2D eigenvalue weighted by molar-refractivity contribution is 0.143. The second kappa shape index (κ2) is 7.16. The molecule has 1 heterocycles. The minimum Gasteiger partial charge on any atom is -0.393 e. The van der Waals surface area contributed by atoms with Gasteiger partial charge in [-0.3, -0.25) is 0 Å². The first-order valence-corrected chi connectivity index (χ1v) is 7.72. The van der Waals surface area contributed by atoms with Crippen molar-refractivity contribution in [1.82, 2.24) is 9.80 Å². The van der Waals surface area contributed by atoms with Crippen LogP contribution in [0.25, 0.3) is 0 Å². The normalized spacial score (nSPS) is 19.1. The fraction of sp³-hybridized carbons (Fsp3) is 0.562. The van der Waals surface area contributed by atoms with Gasteiger partial charge < -0.3 is 15.5 Å². The molecule has 1 unspecified atom stereocenters. The topological polar surface area (TPSA) is 32.5 Å². The Morgan fingerprint density at radius 1 is 1.35 bits per heavy atom. The standard InChI is InChI=1S/C16H25N3S/c1-18-10-8-14(9-11-18)19(2)12-15(16(17)20)13-6-4-3-5-7-13/h3-7,14-15H,8-12H2,1-2H3,(H2,17,20). The number of hydrogen-bond acceptors (Lipinski definition) is 3. The fourth-order valence-electron chi connectivity index (χ4n) is 2.92. The molecule has 0 amide bonds. The van der Waals surface area contributed by atoms with Gasteiger partial charge in [0.1, 0.15) is 0 Å². The smallest absolute Gasteiger partial charge is 0.0816 e. The van der Waals surface area contributed by atoms with Crippen molar-refractivity contribution < 1.29 is 0 Å². The Morgan fingerprint density at radius 3 is 2.50 bits per heavy atom. The summed E-state index contributed by atoms with van der Waals surface area (Å²) >= 11 is 5.28. The van der Waals surface area contributed by atoms with Gasteiger partial charge in [0, 0.05) is 18.5 Å². The molecule has 20 heavy (non-hydrogen) atoms. The number of likely N-dealkylation sites (tertiary alicyclic amines) is 1. The van der Waals surface area contributed by atoms with Crippen molar-refractivity contribution in [2.24, 2.45) is 5.73 Å². The molecule has 3 nitrogen and oxygen atoms in total. The summed E-state index contributed by atoms with van der Waals surface area (Å²) in [7, 11) is 4.39. The van der Waals surface area contributed by atoms with Crippen LogP contribution in [0.5, 0.6) is 0 Å². The summed E-state index contributed by atoms with van der Waals surface area (Å²) in [6.07, 6.45) is 2.46. The van der Waals surface area contributed by atoms with Crippen molar-refractivity contribution >= 4 is 17.2 Å². The van der Waals surface area contributed by atoms with Crippen molar-refractivity contribution in [1.29, 1.82) is 0 Å². The number of likely N-dealkylation sites (N-methyl/N-ethyl adjacent to an activating group) is 1. The molecule has 0 aliphatic carbocycles. The largest absolute Gasteiger partial charge is 0.393 e. The third-order valence-corrected chi connectivity index (χ3v) is 4.61. The third kappa shape index (κ3) is 4.01. The maximum Gasteiger partial charge on any atom is 0.0816 e. The molecule has 1 aliphatic rings. The van der Waals surface area contributed by atoms with Crippen molar-refractivity contribution in [2.45, 2.75) is 24.8 Å². The average molecular weight is 291 g/mol. The van der Waals surface area contributed by atoms with E-state index < -0.39 is 0 Å². The van der Waals surface area contributed by atoms with E-state index in [0.29, 0.717) is 11.0 Å². The van der Waals surface area contributed by atoms with Gasteiger partial charge in [0.2, 0.25) is 0 Å². The van der Waals surface area contributed by atoms with Crippen molar-refractivity contribution in [2.75, 3.05) is 33.7 Å². The zero-order chi connectivity index (χ0) is 14.5. The summed E-state index contributed by atoms with van der Waals surface area (Å²) in [5.74, 6) is 0.149. The van der Waals surface area contributed by atoms with E-state index in [-0.39, 0.29) is 5.92 Å². The zero-order valence-corrected chi connectivity index (χ0v) is 13.3. The molecule has 1 aromatic carbocycles. The Hall–Kier alpha value is -0.970. The molecule has 1 saturated heterocycles. The summed E-state index contributed by atoms with van der Waals surface area (Å²) in [5, 5.41) is 0. The van der Waals surface area contributed by atoms with Crippen LogP contribution in [0.4, 0.5) is 0 Å². The van der Waals surface area contributed by atoms with E-state index in [4.69, 9.17) is 18.0 Å². The number of nitrogens with zero attached hydrogens (tertiary/aromatic N) is 2. The third-order valence-electron chi connectivity index (χ3n) is 4.33. The van der Waals surface area contributed by atoms with Gasteiger partial charge in [-0.2, -0.15) is 0 Å². The minimum atomic E-state index is 0.149. The molecule has 1 aliphatic heterocycles. The van der Waals surface area contributed by atoms with E-state index in [1.165, 1.54) is 31.5 Å². The second-order valence-electron chi connectivity index (χ2n) is 5.84. The molecule has 0 spiro atoms. The summed E-state index contributed by atoms with van der Waals surface area (Å²) < 4.78 is 0. The van der Waals surface area contributed by atoms with Crippen LogP contribution in [0.2, 0.25) is 0 Å². The van der Waals surface area contributed by atoms with E-state index in [1.807, 2.05) is 6.07 Å². The van der Waals surface area contributed by atoms with Crippen molar-refractivity contribution in [3.8, 4) is 0 Å². The van der Waals surface area contributed by atoms with E-state index in [0.717, 1.165) is 6.54 Å². The second-order valence-corrected chi connectivity index (χ2v) is 6.31. The molecule has 0 saturated carbocycles. The number of benzene rings is 1. The average Bonchev–Trinajstić information content (AvgIpc) is 2.46. The Labute approximate surface area is 127 Å². The predicted octanol–water partition coefficient (Wildman–Crippen LogP) is 2.08. The molecule has 0 bridgehead atoms. The molecule has 4 heteroatoms. The van der Waals surface area contributed by atoms with E-state index >= 15 is 0 Å². The molecule has 2 rings (SSSR count). The fourth-order valence-corrected chi connectivity index (χ4v) is 3.13. The van der Waals surface area contributed by atoms with Gasteiger partial charge in [-0.15, -0.1) is 0 Å². The predicted molar refractivity (Wildman–Crippen MR) is 89.1 cm³/mol. The first-order chi connectivity index (χ1) is 9.58. The first kappa shape index (κ1) is 15.4. The lowest BCUT2D eigenvalue weighted by Crippen LogP contribution is -2.44. The summed E-state index contributed by atoms with van der Waals surface area (Å²) in [6.45, 7) is 3.27. The van der Waals surface area contributed by atoms with Crippen LogP contribution in [0.15, 0.2) is 30.3 Å². The highest BCUT2D eigenvalue weighted by molar-refractivity contribution is 7.80. The number of hydrogen-bond donors (Lipinski definition) is 1. The summed E-state index contributed by atoms with van der Waals surface area (Å²) in [4.78, 5) is 5.42. The van der Waals surface area contributed by atoms with Crippen LogP contribution in [0.3, 0.4) is 0 Å². The number of piperidine rings is 1. The van der Waals surface area contributed by atoms with Crippen LogP contribution >= 0.6 is 12.2 Å². The molecule has 0 radical (unpaired) electrons. The van der Waals surface area contributed by atoms with Gasteiger partial charge >= 0.3 is 0 Å². The van der Waals surface area contributed by atoms with Gasteiger partial charge in [-0.1, -0.05) is 42.5 Å². The first-order valence-electron chi connectivity index (χ1n) is 7.31. The molecule has 2 N–H and O–H groups in total. The van der Waals surface area contributed by atoms with Crippen LogP contribution in [0, 0.1) is 0 Å². The molecule has 110 valence electrons. The van der Waals surface area contributed by atoms with Crippen LogP contribution in [0.1, 0.15) is 24.3 Å². The zero-order valence-electron chi connectivity index (χ0n) is 12.5.